The number of ketones is 1. The first-order valence-corrected chi connectivity index (χ1v) is 16.0. The molecule has 2 aliphatic carbocycles. The van der Waals surface area contributed by atoms with Gasteiger partial charge in [0, 0.05) is 43.3 Å². The summed E-state index contributed by atoms with van der Waals surface area (Å²) in [5.41, 5.74) is 3.78. The quantitative estimate of drug-likeness (QED) is 0.344. The molecule has 0 unspecified atom stereocenters. The van der Waals surface area contributed by atoms with Gasteiger partial charge < -0.3 is 9.47 Å². The van der Waals surface area contributed by atoms with E-state index in [-0.39, 0.29) is 23.5 Å². The van der Waals surface area contributed by atoms with Crippen molar-refractivity contribution in [3.05, 3.63) is 46.5 Å². The van der Waals surface area contributed by atoms with E-state index in [4.69, 9.17) is 10.2 Å². The zero-order valence-electron chi connectivity index (χ0n) is 26.4. The maximum atomic E-state index is 14.0. The number of benzene rings is 1. The zero-order valence-corrected chi connectivity index (χ0v) is 26.4. The second-order valence-corrected chi connectivity index (χ2v) is 14.4. The molecule has 0 bridgehead atoms. The normalized spacial score (nSPS) is 24.6. The lowest BCUT2D eigenvalue weighted by atomic mass is 9.68. The van der Waals surface area contributed by atoms with Crippen LogP contribution in [0.25, 0.3) is 0 Å². The van der Waals surface area contributed by atoms with Crippen molar-refractivity contribution >= 4 is 11.7 Å². The van der Waals surface area contributed by atoms with Crippen LogP contribution >= 0.6 is 0 Å². The third kappa shape index (κ3) is 6.76. The van der Waals surface area contributed by atoms with Crippen LogP contribution < -0.4 is 0 Å². The molecule has 0 spiro atoms. The monoisotopic (exact) mass is 561 g/mol. The van der Waals surface area contributed by atoms with Gasteiger partial charge in [-0.1, -0.05) is 58.4 Å². The van der Waals surface area contributed by atoms with Gasteiger partial charge in [0.15, 0.2) is 0 Å². The first-order chi connectivity index (χ1) is 19.5. The van der Waals surface area contributed by atoms with E-state index in [0.29, 0.717) is 43.4 Å². The number of hydrogen-bond acceptors (Lipinski definition) is 5. The minimum Gasteiger partial charge on any atom is -0.340 e. The molecule has 2 saturated carbocycles. The molecule has 1 aromatic heterocycles. The molecule has 5 rings (SSSR count). The number of amides is 1. The summed E-state index contributed by atoms with van der Waals surface area (Å²) in [6.07, 6.45) is 6.29. The van der Waals surface area contributed by atoms with Gasteiger partial charge in [0.05, 0.1) is 6.54 Å². The van der Waals surface area contributed by atoms with Crippen molar-refractivity contribution in [3.8, 4) is 0 Å². The summed E-state index contributed by atoms with van der Waals surface area (Å²) in [6.45, 7) is 18.4. The Morgan fingerprint density at radius 3 is 2.29 bits per heavy atom. The lowest BCUT2D eigenvalue weighted by molar-refractivity contribution is -0.131. The molecule has 1 aromatic carbocycles. The molecular weight excluding hydrogens is 510 g/mol. The summed E-state index contributed by atoms with van der Waals surface area (Å²) in [7, 11) is 0. The number of aryl methyl sites for hydroxylation is 2. The maximum Gasteiger partial charge on any atom is 0.236 e. The number of hydrogen-bond donors (Lipinski definition) is 0. The number of likely N-dealkylation sites (N-methyl/N-ethyl adjacent to an activating group) is 1. The highest BCUT2D eigenvalue weighted by atomic mass is 16.2. The number of nitrogens with zero attached hydrogens (tertiary/aromatic N) is 5. The van der Waals surface area contributed by atoms with Crippen LogP contribution in [0, 0.1) is 31.1 Å². The second-order valence-electron chi connectivity index (χ2n) is 14.4. The van der Waals surface area contributed by atoms with Gasteiger partial charge in [0.25, 0.3) is 0 Å². The SMILES string of the molecule is CCN(CC)CC(=O)N1C[C@H](C(=O)Cc2ccc(C)cc2C)[C@@H](c2nnc(C3CC(CC(C)(C)C)C3)n2C2CC2)C1. The lowest BCUT2D eigenvalue weighted by Gasteiger charge is -2.38. The maximum absolute atomic E-state index is 14.0. The molecule has 1 aliphatic heterocycles. The standard InChI is InChI=1S/C34H51N5O2/c1-8-37(9-2)21-31(41)38-19-28(30(40)17-25-11-10-22(3)14-23(25)4)29(20-38)33-36-35-32(39(33)27-12-13-27)26-15-24(16-26)18-34(5,6)7/h10-11,14,24,26-29H,8-9,12-13,15-21H2,1-7H3/t24?,26?,28-,29-/m0/s1. The minimum absolute atomic E-state index is 0.110. The molecule has 7 nitrogen and oxygen atoms in total. The van der Waals surface area contributed by atoms with E-state index in [1.807, 2.05) is 4.90 Å². The van der Waals surface area contributed by atoms with E-state index in [1.165, 1.54) is 24.8 Å². The first-order valence-electron chi connectivity index (χ1n) is 16.0. The molecule has 0 N–H and O–H groups in total. The van der Waals surface area contributed by atoms with Crippen molar-refractivity contribution in [1.82, 2.24) is 24.6 Å². The van der Waals surface area contributed by atoms with Crippen LogP contribution in [-0.4, -0.2) is 69.0 Å². The Bertz CT molecular complexity index is 1250. The average molecular weight is 562 g/mol. The van der Waals surface area contributed by atoms with Gasteiger partial charge in [-0.05, 0) is 81.5 Å². The Kier molecular flexibility index (Phi) is 8.75. The molecule has 1 amide bonds. The zero-order chi connectivity index (χ0) is 29.5. The van der Waals surface area contributed by atoms with Gasteiger partial charge in [-0.15, -0.1) is 10.2 Å². The summed E-state index contributed by atoms with van der Waals surface area (Å²) in [5.74, 6) is 3.22. The van der Waals surface area contributed by atoms with Gasteiger partial charge in [-0.3, -0.25) is 14.5 Å². The van der Waals surface area contributed by atoms with E-state index in [2.05, 4.69) is 76.1 Å². The minimum atomic E-state index is -0.263. The molecule has 1 saturated heterocycles. The molecule has 224 valence electrons. The second kappa shape index (κ2) is 12.0. The van der Waals surface area contributed by atoms with Crippen LogP contribution in [-0.2, 0) is 16.0 Å². The third-order valence-corrected chi connectivity index (χ3v) is 9.70. The number of rotatable bonds is 11. The van der Waals surface area contributed by atoms with Crippen LogP contribution in [0.3, 0.4) is 0 Å². The molecule has 2 heterocycles. The fourth-order valence-electron chi connectivity index (χ4n) is 7.23. The third-order valence-electron chi connectivity index (χ3n) is 9.70. The van der Waals surface area contributed by atoms with Crippen molar-refractivity contribution in [3.63, 3.8) is 0 Å². The Hall–Kier alpha value is -2.54. The van der Waals surface area contributed by atoms with Crippen LogP contribution in [0.2, 0.25) is 0 Å². The summed E-state index contributed by atoms with van der Waals surface area (Å²) in [4.78, 5) is 31.5. The number of carbonyl (C=O) groups is 2. The fourth-order valence-corrected chi connectivity index (χ4v) is 7.23. The van der Waals surface area contributed by atoms with Crippen molar-refractivity contribution in [2.24, 2.45) is 17.3 Å². The van der Waals surface area contributed by atoms with E-state index in [9.17, 15) is 9.59 Å². The topological polar surface area (TPSA) is 71.3 Å². The molecule has 3 aliphatic rings. The summed E-state index contributed by atoms with van der Waals surface area (Å²) < 4.78 is 2.42. The highest BCUT2D eigenvalue weighted by Crippen LogP contribution is 2.49. The predicted molar refractivity (Wildman–Crippen MR) is 163 cm³/mol. The molecular formula is C34H51N5O2. The van der Waals surface area contributed by atoms with Gasteiger partial charge in [-0.2, -0.15) is 0 Å². The van der Waals surface area contributed by atoms with Crippen LogP contribution in [0.1, 0.15) is 113 Å². The van der Waals surface area contributed by atoms with Gasteiger partial charge in [-0.25, -0.2) is 0 Å². The lowest BCUT2D eigenvalue weighted by Crippen LogP contribution is -2.39. The molecule has 3 fully saturated rings. The largest absolute Gasteiger partial charge is 0.340 e. The van der Waals surface area contributed by atoms with Gasteiger partial charge in [0.1, 0.15) is 17.4 Å². The number of likely N-dealkylation sites (tertiary alicyclic amines) is 1. The Labute approximate surface area is 247 Å². The van der Waals surface area contributed by atoms with Crippen LogP contribution in [0.15, 0.2) is 18.2 Å². The summed E-state index contributed by atoms with van der Waals surface area (Å²) in [5, 5.41) is 9.64. The predicted octanol–water partition coefficient (Wildman–Crippen LogP) is 5.86. The van der Waals surface area contributed by atoms with Crippen molar-refractivity contribution < 1.29 is 9.59 Å². The van der Waals surface area contributed by atoms with E-state index in [0.717, 1.165) is 54.6 Å². The Balaban J connectivity index is 1.41. The Morgan fingerprint density at radius 1 is 1.00 bits per heavy atom. The van der Waals surface area contributed by atoms with Gasteiger partial charge in [0.2, 0.25) is 5.91 Å². The first kappa shape index (κ1) is 29.9. The van der Waals surface area contributed by atoms with E-state index >= 15 is 0 Å². The van der Waals surface area contributed by atoms with Crippen molar-refractivity contribution in [1.29, 1.82) is 0 Å². The highest BCUT2D eigenvalue weighted by Gasteiger charge is 2.46. The number of carbonyl (C=O) groups excluding carboxylic acids is 2. The number of Topliss-reactive ketones (excluding diaryl/α,β-unsaturated/α-hetero) is 1. The molecule has 41 heavy (non-hydrogen) atoms. The molecule has 2 atom stereocenters. The van der Waals surface area contributed by atoms with E-state index < -0.39 is 0 Å². The smallest absolute Gasteiger partial charge is 0.236 e. The van der Waals surface area contributed by atoms with Crippen molar-refractivity contribution in [2.45, 2.75) is 105 Å². The Morgan fingerprint density at radius 2 is 1.68 bits per heavy atom. The summed E-state index contributed by atoms with van der Waals surface area (Å²) in [6, 6.07) is 6.76. The highest BCUT2D eigenvalue weighted by molar-refractivity contribution is 5.87. The molecule has 2 aromatic rings. The summed E-state index contributed by atoms with van der Waals surface area (Å²) >= 11 is 0. The van der Waals surface area contributed by atoms with Crippen LogP contribution in [0.5, 0.6) is 0 Å². The van der Waals surface area contributed by atoms with Crippen molar-refractivity contribution in [2.75, 3.05) is 32.7 Å². The number of aromatic nitrogens is 3. The van der Waals surface area contributed by atoms with Crippen LogP contribution in [0.4, 0.5) is 0 Å². The van der Waals surface area contributed by atoms with E-state index in [1.54, 1.807) is 0 Å². The average Bonchev–Trinajstić information content (AvgIpc) is 3.47. The molecule has 7 heteroatoms. The molecule has 0 radical (unpaired) electrons. The fraction of sp³-hybridized carbons (Fsp3) is 0.706. The van der Waals surface area contributed by atoms with Gasteiger partial charge >= 0.3 is 0 Å².